The Kier molecular flexibility index (Phi) is 4.43. The Bertz CT molecular complexity index is 251. The maximum Gasteiger partial charge on any atom is 0.222 e. The first-order valence-corrected chi connectivity index (χ1v) is 7.19. The molecule has 1 heterocycles. The summed E-state index contributed by atoms with van der Waals surface area (Å²) in [7, 11) is 0. The molecule has 1 aliphatic carbocycles. The number of amides is 1. The zero-order valence-corrected chi connectivity index (χ0v) is 11.2. The van der Waals surface area contributed by atoms with Crippen LogP contribution in [0.1, 0.15) is 52.4 Å². The second-order valence-electron chi connectivity index (χ2n) is 5.98. The lowest BCUT2D eigenvalue weighted by Gasteiger charge is -2.37. The van der Waals surface area contributed by atoms with E-state index in [0.29, 0.717) is 23.9 Å². The summed E-state index contributed by atoms with van der Waals surface area (Å²) in [4.78, 5) is 14.3. The summed E-state index contributed by atoms with van der Waals surface area (Å²) in [6.45, 7) is 6.10. The SMILES string of the molecule is CC1CN(C(=O)CC2CCCCC2)CC(C)N1. The van der Waals surface area contributed by atoms with E-state index in [1.165, 1.54) is 32.1 Å². The third kappa shape index (κ3) is 3.70. The normalized spacial score (nSPS) is 31.5. The predicted octanol–water partition coefficient (Wildman–Crippen LogP) is 2.17. The van der Waals surface area contributed by atoms with E-state index in [4.69, 9.17) is 0 Å². The molecule has 3 nitrogen and oxygen atoms in total. The van der Waals surface area contributed by atoms with Crippen LogP contribution >= 0.6 is 0 Å². The van der Waals surface area contributed by atoms with Gasteiger partial charge in [-0.25, -0.2) is 0 Å². The van der Waals surface area contributed by atoms with Gasteiger partial charge in [-0.15, -0.1) is 0 Å². The summed E-state index contributed by atoms with van der Waals surface area (Å²) in [6.07, 6.45) is 7.34. The van der Waals surface area contributed by atoms with Crippen LogP contribution in [0, 0.1) is 5.92 Å². The first-order chi connectivity index (χ1) is 8.15. The number of hydrogen-bond acceptors (Lipinski definition) is 2. The highest BCUT2D eigenvalue weighted by Crippen LogP contribution is 2.27. The van der Waals surface area contributed by atoms with E-state index in [9.17, 15) is 4.79 Å². The Labute approximate surface area is 105 Å². The standard InChI is InChI=1S/C14H26N2O/c1-11-9-16(10-12(2)15-11)14(17)8-13-6-4-3-5-7-13/h11-13,15H,3-10H2,1-2H3. The van der Waals surface area contributed by atoms with E-state index < -0.39 is 0 Å². The molecule has 0 spiro atoms. The minimum absolute atomic E-state index is 0.386. The average Bonchev–Trinajstić information content (AvgIpc) is 2.29. The molecule has 2 aliphatic rings. The Morgan fingerprint density at radius 1 is 1.12 bits per heavy atom. The second kappa shape index (κ2) is 5.85. The predicted molar refractivity (Wildman–Crippen MR) is 69.8 cm³/mol. The average molecular weight is 238 g/mol. The Hall–Kier alpha value is -0.570. The van der Waals surface area contributed by atoms with E-state index in [-0.39, 0.29) is 0 Å². The number of carbonyl (C=O) groups excluding carboxylic acids is 1. The Morgan fingerprint density at radius 3 is 2.29 bits per heavy atom. The van der Waals surface area contributed by atoms with Crippen molar-refractivity contribution in [2.75, 3.05) is 13.1 Å². The topological polar surface area (TPSA) is 32.3 Å². The highest BCUT2D eigenvalue weighted by atomic mass is 16.2. The van der Waals surface area contributed by atoms with Gasteiger partial charge in [-0.1, -0.05) is 19.3 Å². The first kappa shape index (κ1) is 12.9. The summed E-state index contributed by atoms with van der Waals surface area (Å²) in [6, 6.07) is 0.878. The summed E-state index contributed by atoms with van der Waals surface area (Å²) < 4.78 is 0. The fraction of sp³-hybridized carbons (Fsp3) is 0.929. The van der Waals surface area contributed by atoms with Gasteiger partial charge in [-0.3, -0.25) is 4.79 Å². The molecule has 0 bridgehead atoms. The van der Waals surface area contributed by atoms with Crippen LogP contribution < -0.4 is 5.32 Å². The van der Waals surface area contributed by atoms with Crippen molar-refractivity contribution in [1.29, 1.82) is 0 Å². The lowest BCUT2D eigenvalue weighted by atomic mass is 9.86. The van der Waals surface area contributed by atoms with E-state index in [1.54, 1.807) is 0 Å². The molecule has 0 aromatic rings. The quantitative estimate of drug-likeness (QED) is 0.799. The minimum Gasteiger partial charge on any atom is -0.340 e. The molecular weight excluding hydrogens is 212 g/mol. The van der Waals surface area contributed by atoms with Crippen molar-refractivity contribution in [2.24, 2.45) is 5.92 Å². The van der Waals surface area contributed by atoms with Gasteiger partial charge in [-0.05, 0) is 32.6 Å². The maximum atomic E-state index is 12.3. The maximum absolute atomic E-state index is 12.3. The van der Waals surface area contributed by atoms with Gasteiger partial charge in [0.25, 0.3) is 0 Å². The zero-order valence-electron chi connectivity index (χ0n) is 11.2. The molecule has 1 saturated heterocycles. The van der Waals surface area contributed by atoms with Crippen molar-refractivity contribution in [3.8, 4) is 0 Å². The molecule has 1 saturated carbocycles. The number of nitrogens with zero attached hydrogens (tertiary/aromatic N) is 1. The van der Waals surface area contributed by atoms with Crippen molar-refractivity contribution < 1.29 is 4.79 Å². The molecule has 17 heavy (non-hydrogen) atoms. The number of piperazine rings is 1. The fourth-order valence-corrected chi connectivity index (χ4v) is 3.30. The van der Waals surface area contributed by atoms with E-state index in [2.05, 4.69) is 24.1 Å². The van der Waals surface area contributed by atoms with Crippen molar-refractivity contribution in [3.05, 3.63) is 0 Å². The largest absolute Gasteiger partial charge is 0.340 e. The van der Waals surface area contributed by atoms with Crippen LogP contribution in [0.2, 0.25) is 0 Å². The van der Waals surface area contributed by atoms with Gasteiger partial charge in [0, 0.05) is 31.6 Å². The van der Waals surface area contributed by atoms with E-state index in [0.717, 1.165) is 19.5 Å². The van der Waals surface area contributed by atoms with Gasteiger partial charge < -0.3 is 10.2 Å². The van der Waals surface area contributed by atoms with Gasteiger partial charge in [0.1, 0.15) is 0 Å². The molecule has 1 N–H and O–H groups in total. The molecule has 1 amide bonds. The minimum atomic E-state index is 0.386. The summed E-state index contributed by atoms with van der Waals surface area (Å²) in [5.41, 5.74) is 0. The van der Waals surface area contributed by atoms with E-state index >= 15 is 0 Å². The zero-order chi connectivity index (χ0) is 12.3. The molecule has 0 aromatic heterocycles. The van der Waals surface area contributed by atoms with Crippen LogP contribution in [0.5, 0.6) is 0 Å². The highest BCUT2D eigenvalue weighted by molar-refractivity contribution is 5.76. The number of carbonyl (C=O) groups is 1. The molecule has 3 heteroatoms. The summed E-state index contributed by atoms with van der Waals surface area (Å²) in [5.74, 6) is 1.05. The lowest BCUT2D eigenvalue weighted by molar-refractivity contribution is -0.134. The van der Waals surface area contributed by atoms with Gasteiger partial charge in [0.05, 0.1) is 0 Å². The van der Waals surface area contributed by atoms with Crippen LogP contribution in [0.15, 0.2) is 0 Å². The molecule has 2 fully saturated rings. The lowest BCUT2D eigenvalue weighted by Crippen LogP contribution is -2.56. The summed E-state index contributed by atoms with van der Waals surface area (Å²) in [5, 5.41) is 3.47. The number of hydrogen-bond donors (Lipinski definition) is 1. The third-order valence-electron chi connectivity index (χ3n) is 4.10. The van der Waals surface area contributed by atoms with Crippen molar-refractivity contribution in [1.82, 2.24) is 10.2 Å². The molecule has 2 unspecified atom stereocenters. The third-order valence-corrected chi connectivity index (χ3v) is 4.10. The van der Waals surface area contributed by atoms with Crippen LogP contribution in [0.4, 0.5) is 0 Å². The van der Waals surface area contributed by atoms with E-state index in [1.807, 2.05) is 0 Å². The van der Waals surface area contributed by atoms with Crippen molar-refractivity contribution in [3.63, 3.8) is 0 Å². The molecule has 2 rings (SSSR count). The van der Waals surface area contributed by atoms with Gasteiger partial charge in [0.2, 0.25) is 5.91 Å². The van der Waals surface area contributed by atoms with Crippen molar-refractivity contribution in [2.45, 2.75) is 64.5 Å². The van der Waals surface area contributed by atoms with Crippen LogP contribution in [-0.4, -0.2) is 36.0 Å². The van der Waals surface area contributed by atoms with Crippen molar-refractivity contribution >= 4 is 5.91 Å². The van der Waals surface area contributed by atoms with Gasteiger partial charge in [0.15, 0.2) is 0 Å². The molecule has 98 valence electrons. The molecule has 0 aromatic carbocycles. The molecule has 2 atom stereocenters. The van der Waals surface area contributed by atoms with Crippen LogP contribution in [0.25, 0.3) is 0 Å². The highest BCUT2D eigenvalue weighted by Gasteiger charge is 2.26. The summed E-state index contributed by atoms with van der Waals surface area (Å²) >= 11 is 0. The number of rotatable bonds is 2. The van der Waals surface area contributed by atoms with Crippen LogP contribution in [0.3, 0.4) is 0 Å². The van der Waals surface area contributed by atoms with Gasteiger partial charge in [-0.2, -0.15) is 0 Å². The fourth-order valence-electron chi connectivity index (χ4n) is 3.30. The molecule has 1 aliphatic heterocycles. The molecule has 0 radical (unpaired) electrons. The Morgan fingerprint density at radius 2 is 1.71 bits per heavy atom. The monoisotopic (exact) mass is 238 g/mol. The molecular formula is C14H26N2O. The smallest absolute Gasteiger partial charge is 0.222 e. The van der Waals surface area contributed by atoms with Gasteiger partial charge >= 0.3 is 0 Å². The first-order valence-electron chi connectivity index (χ1n) is 7.19. The second-order valence-corrected chi connectivity index (χ2v) is 5.98. The van der Waals surface area contributed by atoms with Crippen LogP contribution in [-0.2, 0) is 4.79 Å². The Balaban J connectivity index is 1.81. The number of nitrogens with one attached hydrogen (secondary N) is 1.